The second-order valence-electron chi connectivity index (χ2n) is 6.03. The SMILES string of the molecule is O=c1cc2oc3cc(O)c(Br)cc3c(-c3ccccc3S(=O)(=O)O)c-2cc1Br. The molecular formula is C19H10Br2O6S. The maximum atomic E-state index is 12.1. The van der Waals surface area contributed by atoms with Crippen LogP contribution in [0.5, 0.6) is 5.75 Å². The van der Waals surface area contributed by atoms with Gasteiger partial charge in [0.15, 0.2) is 5.43 Å². The molecule has 1 aliphatic carbocycles. The van der Waals surface area contributed by atoms with Crippen LogP contribution < -0.4 is 5.43 Å². The van der Waals surface area contributed by atoms with Crippen LogP contribution >= 0.6 is 31.9 Å². The molecule has 6 nitrogen and oxygen atoms in total. The average Bonchev–Trinajstić information content (AvgIpc) is 2.62. The normalized spacial score (nSPS) is 12.0. The second-order valence-corrected chi connectivity index (χ2v) is 9.13. The lowest BCUT2D eigenvalue weighted by molar-refractivity contribution is 0.471. The molecule has 9 heteroatoms. The smallest absolute Gasteiger partial charge is 0.295 e. The van der Waals surface area contributed by atoms with Crippen molar-refractivity contribution < 1.29 is 22.5 Å². The molecule has 0 radical (unpaired) electrons. The van der Waals surface area contributed by atoms with Crippen molar-refractivity contribution in [2.24, 2.45) is 0 Å². The Labute approximate surface area is 175 Å². The molecule has 0 unspecified atom stereocenters. The predicted octanol–water partition coefficient (Wildman–Crippen LogP) is 5.04. The predicted molar refractivity (Wildman–Crippen MR) is 111 cm³/mol. The third kappa shape index (κ3) is 3.14. The van der Waals surface area contributed by atoms with Gasteiger partial charge < -0.3 is 9.52 Å². The highest BCUT2D eigenvalue weighted by Crippen LogP contribution is 2.44. The lowest BCUT2D eigenvalue weighted by Crippen LogP contribution is -2.05. The van der Waals surface area contributed by atoms with Crippen molar-refractivity contribution >= 4 is 52.9 Å². The van der Waals surface area contributed by atoms with Gasteiger partial charge in [0.05, 0.1) is 8.95 Å². The van der Waals surface area contributed by atoms with Crippen LogP contribution in [0, 0.1) is 0 Å². The van der Waals surface area contributed by atoms with Gasteiger partial charge in [0.25, 0.3) is 10.1 Å². The van der Waals surface area contributed by atoms with Crippen LogP contribution in [-0.2, 0) is 10.1 Å². The van der Waals surface area contributed by atoms with Crippen LogP contribution in [0.2, 0.25) is 0 Å². The van der Waals surface area contributed by atoms with E-state index in [-0.39, 0.29) is 37.5 Å². The van der Waals surface area contributed by atoms with Crippen LogP contribution in [0.25, 0.3) is 33.4 Å². The molecule has 4 rings (SSSR count). The molecule has 0 aromatic heterocycles. The Morgan fingerprint density at radius 1 is 0.929 bits per heavy atom. The summed E-state index contributed by atoms with van der Waals surface area (Å²) in [7, 11) is -4.52. The summed E-state index contributed by atoms with van der Waals surface area (Å²) in [5, 5.41) is 10.5. The first kappa shape index (κ1) is 19.1. The molecule has 142 valence electrons. The van der Waals surface area contributed by atoms with Gasteiger partial charge in [-0.05, 0) is 50.1 Å². The molecule has 0 fully saturated rings. The van der Waals surface area contributed by atoms with Gasteiger partial charge in [0.2, 0.25) is 0 Å². The average molecular weight is 526 g/mol. The van der Waals surface area contributed by atoms with E-state index in [1.54, 1.807) is 18.2 Å². The van der Waals surface area contributed by atoms with E-state index in [0.717, 1.165) is 0 Å². The summed E-state index contributed by atoms with van der Waals surface area (Å²) in [5.41, 5.74) is 1.07. The van der Waals surface area contributed by atoms with Gasteiger partial charge in [-0.2, -0.15) is 8.42 Å². The van der Waals surface area contributed by atoms with E-state index in [1.807, 2.05) is 0 Å². The van der Waals surface area contributed by atoms with E-state index in [4.69, 9.17) is 4.42 Å². The van der Waals surface area contributed by atoms with Crippen molar-refractivity contribution in [3.05, 3.63) is 67.7 Å². The van der Waals surface area contributed by atoms with Crippen LogP contribution in [0.15, 0.2) is 71.6 Å². The Hall–Kier alpha value is -2.20. The summed E-state index contributed by atoms with van der Waals surface area (Å²) in [6, 6.07) is 11.7. The standard InChI is InChI=1S/C19H10Br2O6S/c20-12-5-10-16(7-14(12)22)27-17-8-15(23)13(21)6-11(17)19(10)9-3-1-2-4-18(9)28(24,25)26/h1-8,22H,(H,24,25,26). The van der Waals surface area contributed by atoms with Gasteiger partial charge in [-0.25, -0.2) is 0 Å². The molecule has 2 aromatic carbocycles. The second kappa shape index (κ2) is 6.70. The Balaban J connectivity index is 2.29. The molecule has 1 aliphatic heterocycles. The molecule has 0 amide bonds. The highest BCUT2D eigenvalue weighted by atomic mass is 79.9. The zero-order valence-corrected chi connectivity index (χ0v) is 17.8. The number of phenols is 1. The van der Waals surface area contributed by atoms with Crippen molar-refractivity contribution in [3.63, 3.8) is 0 Å². The van der Waals surface area contributed by atoms with E-state index >= 15 is 0 Å². The fraction of sp³-hybridized carbons (Fsp3) is 0. The Kier molecular flexibility index (Phi) is 4.58. The Morgan fingerprint density at radius 3 is 2.36 bits per heavy atom. The first-order valence-electron chi connectivity index (χ1n) is 7.82. The summed E-state index contributed by atoms with van der Waals surface area (Å²) < 4.78 is 40.1. The molecule has 0 bridgehead atoms. The molecule has 0 spiro atoms. The lowest BCUT2D eigenvalue weighted by atomic mass is 9.93. The number of phenolic OH excluding ortho intramolecular Hbond substituents is 1. The van der Waals surface area contributed by atoms with Crippen LogP contribution in [-0.4, -0.2) is 18.1 Å². The van der Waals surface area contributed by atoms with E-state index in [2.05, 4.69) is 31.9 Å². The molecule has 0 saturated carbocycles. The largest absolute Gasteiger partial charge is 0.507 e. The third-order valence-electron chi connectivity index (χ3n) is 4.28. The monoisotopic (exact) mass is 524 g/mol. The van der Waals surface area contributed by atoms with Crippen molar-refractivity contribution in [2.45, 2.75) is 4.90 Å². The fourth-order valence-corrected chi connectivity index (χ4v) is 4.47. The number of hydrogen-bond donors (Lipinski definition) is 2. The van der Waals surface area contributed by atoms with Gasteiger partial charge in [0.1, 0.15) is 22.0 Å². The zero-order valence-electron chi connectivity index (χ0n) is 13.8. The van der Waals surface area contributed by atoms with E-state index in [9.17, 15) is 22.9 Å². The topological polar surface area (TPSA) is 105 Å². The molecule has 2 aromatic rings. The van der Waals surface area contributed by atoms with Gasteiger partial charge >= 0.3 is 0 Å². The van der Waals surface area contributed by atoms with Gasteiger partial charge in [-0.3, -0.25) is 9.35 Å². The quantitative estimate of drug-likeness (QED) is 0.280. The minimum absolute atomic E-state index is 0.0796. The number of fused-ring (bicyclic) bond motifs is 2. The highest BCUT2D eigenvalue weighted by Gasteiger charge is 2.24. The van der Waals surface area contributed by atoms with Crippen molar-refractivity contribution in [3.8, 4) is 28.2 Å². The minimum atomic E-state index is -4.52. The molecule has 28 heavy (non-hydrogen) atoms. The summed E-state index contributed by atoms with van der Waals surface area (Å²) in [5.74, 6) is 0.131. The molecular weight excluding hydrogens is 516 g/mol. The van der Waals surface area contributed by atoms with Gasteiger partial charge in [0, 0.05) is 34.2 Å². The molecule has 1 heterocycles. The number of aromatic hydroxyl groups is 1. The fourth-order valence-electron chi connectivity index (χ4n) is 3.09. The van der Waals surface area contributed by atoms with Crippen molar-refractivity contribution in [1.29, 1.82) is 0 Å². The zero-order chi connectivity index (χ0) is 20.2. The van der Waals surface area contributed by atoms with Crippen molar-refractivity contribution in [2.75, 3.05) is 0 Å². The van der Waals surface area contributed by atoms with E-state index < -0.39 is 10.1 Å². The third-order valence-corrected chi connectivity index (χ3v) is 6.44. The van der Waals surface area contributed by atoms with Gasteiger partial charge in [-0.15, -0.1) is 0 Å². The maximum Gasteiger partial charge on any atom is 0.295 e. The maximum absolute atomic E-state index is 12.1. The summed E-state index contributed by atoms with van der Waals surface area (Å²) in [4.78, 5) is 11.8. The summed E-state index contributed by atoms with van der Waals surface area (Å²) >= 11 is 6.45. The molecule has 0 saturated heterocycles. The molecule has 0 atom stereocenters. The van der Waals surface area contributed by atoms with Crippen LogP contribution in [0.4, 0.5) is 0 Å². The molecule has 2 N–H and O–H groups in total. The lowest BCUT2D eigenvalue weighted by Gasteiger charge is -2.17. The summed E-state index contributed by atoms with van der Waals surface area (Å²) in [6.45, 7) is 0. The Bertz CT molecular complexity index is 1390. The number of halogens is 2. The molecule has 2 aliphatic rings. The minimum Gasteiger partial charge on any atom is -0.507 e. The summed E-state index contributed by atoms with van der Waals surface area (Å²) in [6.07, 6.45) is 0. The first-order chi connectivity index (χ1) is 13.2. The van der Waals surface area contributed by atoms with E-state index in [1.165, 1.54) is 30.3 Å². The van der Waals surface area contributed by atoms with Gasteiger partial charge in [-0.1, -0.05) is 18.2 Å². The van der Waals surface area contributed by atoms with Crippen LogP contribution in [0.1, 0.15) is 0 Å². The highest BCUT2D eigenvalue weighted by molar-refractivity contribution is 9.10. The first-order valence-corrected chi connectivity index (χ1v) is 10.8. The number of rotatable bonds is 2. The Morgan fingerprint density at radius 2 is 1.64 bits per heavy atom. The van der Waals surface area contributed by atoms with Crippen LogP contribution in [0.3, 0.4) is 0 Å². The number of hydrogen-bond acceptors (Lipinski definition) is 5. The van der Waals surface area contributed by atoms with E-state index in [0.29, 0.717) is 21.0 Å². The number of benzene rings is 3. The van der Waals surface area contributed by atoms with Crippen molar-refractivity contribution in [1.82, 2.24) is 0 Å².